The van der Waals surface area contributed by atoms with Crippen LogP contribution in [0.15, 0.2) is 54.7 Å². The number of ether oxygens (including phenoxy) is 1. The van der Waals surface area contributed by atoms with E-state index >= 15 is 0 Å². The molecule has 4 heteroatoms. The number of pyridine rings is 1. The molecule has 3 nitrogen and oxygen atoms in total. The maximum Gasteiger partial charge on any atom is 0.227 e. The summed E-state index contributed by atoms with van der Waals surface area (Å²) in [5.74, 6) is 1.12. The molecule has 2 aromatic carbocycles. The van der Waals surface area contributed by atoms with E-state index in [0.29, 0.717) is 23.2 Å². The quantitative estimate of drug-likeness (QED) is 0.786. The van der Waals surface area contributed by atoms with Crippen LogP contribution in [0, 0.1) is 0 Å². The first-order valence-corrected chi connectivity index (χ1v) is 6.66. The minimum atomic E-state index is 0.451. The number of aromatic nitrogens is 1. The van der Waals surface area contributed by atoms with E-state index in [9.17, 15) is 0 Å². The molecule has 20 heavy (non-hydrogen) atoms. The summed E-state index contributed by atoms with van der Waals surface area (Å²) >= 11 is 6.20. The van der Waals surface area contributed by atoms with Gasteiger partial charge >= 0.3 is 0 Å². The first kappa shape index (κ1) is 12.9. The second-order valence-electron chi connectivity index (χ2n) is 4.41. The first-order chi connectivity index (χ1) is 9.78. The number of nitrogens with zero attached hydrogens (tertiary/aromatic N) is 1. The van der Waals surface area contributed by atoms with Gasteiger partial charge in [0.25, 0.3) is 0 Å². The molecule has 0 aliphatic rings. The Morgan fingerprint density at radius 2 is 1.95 bits per heavy atom. The van der Waals surface area contributed by atoms with E-state index in [4.69, 9.17) is 22.1 Å². The van der Waals surface area contributed by atoms with Crippen molar-refractivity contribution in [3.8, 4) is 11.6 Å². The van der Waals surface area contributed by atoms with Gasteiger partial charge in [-0.15, -0.1) is 0 Å². The van der Waals surface area contributed by atoms with Crippen LogP contribution in [-0.2, 0) is 6.54 Å². The third-order valence-corrected chi connectivity index (χ3v) is 3.37. The molecule has 0 spiro atoms. The Morgan fingerprint density at radius 3 is 2.75 bits per heavy atom. The molecule has 2 N–H and O–H groups in total. The van der Waals surface area contributed by atoms with Gasteiger partial charge in [-0.3, -0.25) is 0 Å². The van der Waals surface area contributed by atoms with E-state index in [-0.39, 0.29) is 0 Å². The first-order valence-electron chi connectivity index (χ1n) is 6.28. The smallest absolute Gasteiger partial charge is 0.227 e. The van der Waals surface area contributed by atoms with Crippen molar-refractivity contribution in [3.05, 3.63) is 65.3 Å². The molecule has 0 atom stereocenters. The molecular weight excluding hydrogens is 272 g/mol. The lowest BCUT2D eigenvalue weighted by atomic mass is 10.2. The molecule has 0 saturated carbocycles. The maximum absolute atomic E-state index is 6.20. The van der Waals surface area contributed by atoms with Gasteiger partial charge in [0, 0.05) is 18.1 Å². The van der Waals surface area contributed by atoms with Crippen LogP contribution in [-0.4, -0.2) is 4.98 Å². The minimum absolute atomic E-state index is 0.451. The number of hydrogen-bond donors (Lipinski definition) is 1. The Bertz CT molecular complexity index is 753. The molecule has 0 saturated heterocycles. The van der Waals surface area contributed by atoms with Gasteiger partial charge in [0.1, 0.15) is 5.75 Å². The molecule has 3 aromatic rings. The van der Waals surface area contributed by atoms with Gasteiger partial charge in [0.2, 0.25) is 5.88 Å². The van der Waals surface area contributed by atoms with Crippen LogP contribution >= 0.6 is 11.6 Å². The fraction of sp³-hybridized carbons (Fsp3) is 0.0625. The summed E-state index contributed by atoms with van der Waals surface area (Å²) in [5.41, 5.74) is 6.55. The Balaban J connectivity index is 2.01. The van der Waals surface area contributed by atoms with Crippen molar-refractivity contribution in [1.82, 2.24) is 4.98 Å². The van der Waals surface area contributed by atoms with Crippen LogP contribution in [0.1, 0.15) is 5.56 Å². The summed E-state index contributed by atoms with van der Waals surface area (Å²) in [4.78, 5) is 4.28. The molecular formula is C16H13ClN2O. The molecule has 0 bridgehead atoms. The summed E-state index contributed by atoms with van der Waals surface area (Å²) in [5, 5.41) is 2.56. The highest BCUT2D eigenvalue weighted by atomic mass is 35.5. The highest BCUT2D eigenvalue weighted by molar-refractivity contribution is 6.32. The van der Waals surface area contributed by atoms with Crippen molar-refractivity contribution in [3.63, 3.8) is 0 Å². The van der Waals surface area contributed by atoms with E-state index in [1.807, 2.05) is 48.5 Å². The van der Waals surface area contributed by atoms with Gasteiger partial charge < -0.3 is 10.5 Å². The number of benzene rings is 2. The Hall–Kier alpha value is -2.10. The van der Waals surface area contributed by atoms with Crippen molar-refractivity contribution < 1.29 is 4.74 Å². The zero-order valence-electron chi connectivity index (χ0n) is 10.7. The number of halogens is 1. The lowest BCUT2D eigenvalue weighted by molar-refractivity contribution is 0.469. The largest absolute Gasteiger partial charge is 0.437 e. The highest BCUT2D eigenvalue weighted by Crippen LogP contribution is 2.32. The fourth-order valence-electron chi connectivity index (χ4n) is 2.03. The average Bonchev–Trinajstić information content (AvgIpc) is 2.49. The second kappa shape index (κ2) is 5.49. The molecule has 0 aliphatic carbocycles. The molecule has 1 aromatic heterocycles. The number of nitrogens with two attached hydrogens (primary N) is 1. The summed E-state index contributed by atoms with van der Waals surface area (Å²) in [6.07, 6.45) is 1.72. The Kier molecular flexibility index (Phi) is 3.54. The van der Waals surface area contributed by atoms with E-state index < -0.39 is 0 Å². The van der Waals surface area contributed by atoms with Gasteiger partial charge in [0.05, 0.1) is 5.02 Å². The molecule has 0 unspecified atom stereocenters. The number of rotatable bonds is 3. The van der Waals surface area contributed by atoms with Gasteiger partial charge in [-0.2, -0.15) is 0 Å². The lowest BCUT2D eigenvalue weighted by Gasteiger charge is -2.10. The van der Waals surface area contributed by atoms with Crippen LogP contribution in [0.2, 0.25) is 5.02 Å². The molecule has 0 fully saturated rings. The van der Waals surface area contributed by atoms with Gasteiger partial charge in [-0.1, -0.05) is 35.9 Å². The molecule has 3 rings (SSSR count). The predicted molar refractivity (Wildman–Crippen MR) is 81.2 cm³/mol. The molecule has 1 heterocycles. The van der Waals surface area contributed by atoms with E-state index in [0.717, 1.165) is 16.3 Å². The number of hydrogen-bond acceptors (Lipinski definition) is 3. The van der Waals surface area contributed by atoms with Gasteiger partial charge in [-0.25, -0.2) is 4.98 Å². The third kappa shape index (κ3) is 2.46. The minimum Gasteiger partial charge on any atom is -0.437 e. The van der Waals surface area contributed by atoms with Gasteiger partial charge in [0.15, 0.2) is 0 Å². The summed E-state index contributed by atoms with van der Waals surface area (Å²) in [6.45, 7) is 0.451. The van der Waals surface area contributed by atoms with E-state index in [2.05, 4.69) is 4.98 Å². The van der Waals surface area contributed by atoms with E-state index in [1.54, 1.807) is 6.20 Å². The van der Waals surface area contributed by atoms with Crippen molar-refractivity contribution in [2.75, 3.05) is 0 Å². The van der Waals surface area contributed by atoms with Crippen LogP contribution in [0.4, 0.5) is 0 Å². The predicted octanol–water partition coefficient (Wildman–Crippen LogP) is 4.14. The zero-order valence-corrected chi connectivity index (χ0v) is 11.5. The Labute approximate surface area is 122 Å². The summed E-state index contributed by atoms with van der Waals surface area (Å²) in [6, 6.07) is 15.4. The van der Waals surface area contributed by atoms with Crippen LogP contribution < -0.4 is 10.5 Å². The Morgan fingerprint density at radius 1 is 1.10 bits per heavy atom. The zero-order chi connectivity index (χ0) is 13.9. The van der Waals surface area contributed by atoms with Crippen LogP contribution in [0.3, 0.4) is 0 Å². The number of fused-ring (bicyclic) bond motifs is 1. The molecule has 0 aliphatic heterocycles. The topological polar surface area (TPSA) is 48.1 Å². The normalized spacial score (nSPS) is 10.7. The SMILES string of the molecule is NCc1ccc(Oc2nccc3ccccc23)c(Cl)c1. The van der Waals surface area contributed by atoms with Crippen molar-refractivity contribution in [1.29, 1.82) is 0 Å². The average molecular weight is 285 g/mol. The van der Waals surface area contributed by atoms with Gasteiger partial charge in [-0.05, 0) is 35.2 Å². The highest BCUT2D eigenvalue weighted by Gasteiger charge is 2.08. The van der Waals surface area contributed by atoms with Crippen LogP contribution in [0.25, 0.3) is 10.8 Å². The molecule has 0 radical (unpaired) electrons. The summed E-state index contributed by atoms with van der Waals surface area (Å²) in [7, 11) is 0. The third-order valence-electron chi connectivity index (χ3n) is 3.08. The van der Waals surface area contributed by atoms with Crippen molar-refractivity contribution >= 4 is 22.4 Å². The fourth-order valence-corrected chi connectivity index (χ4v) is 2.27. The van der Waals surface area contributed by atoms with Crippen molar-refractivity contribution in [2.24, 2.45) is 5.73 Å². The maximum atomic E-state index is 6.20. The molecule has 100 valence electrons. The monoisotopic (exact) mass is 284 g/mol. The standard InChI is InChI=1S/C16H13ClN2O/c17-14-9-11(10-18)5-6-15(14)20-16-13-4-2-1-3-12(13)7-8-19-16/h1-9H,10,18H2. The lowest BCUT2D eigenvalue weighted by Crippen LogP contribution is -1.96. The van der Waals surface area contributed by atoms with Crippen molar-refractivity contribution in [2.45, 2.75) is 6.54 Å². The van der Waals surface area contributed by atoms with E-state index in [1.165, 1.54) is 0 Å². The van der Waals surface area contributed by atoms with Crippen LogP contribution in [0.5, 0.6) is 11.6 Å². The second-order valence-corrected chi connectivity index (χ2v) is 4.82. The molecule has 0 amide bonds. The summed E-state index contributed by atoms with van der Waals surface area (Å²) < 4.78 is 5.84.